The molecule has 1 aromatic carbocycles. The molecular weight excluding hydrogens is 344 g/mol. The van der Waals surface area contributed by atoms with Crippen molar-refractivity contribution in [1.82, 2.24) is 15.5 Å². The number of methoxy groups -OCH3 is 1. The summed E-state index contributed by atoms with van der Waals surface area (Å²) in [5.74, 6) is 2.45. The van der Waals surface area contributed by atoms with Crippen LogP contribution < -0.4 is 20.1 Å². The molecule has 0 atom stereocenters. The maximum absolute atomic E-state index is 5.50. The molecule has 1 heterocycles. The summed E-state index contributed by atoms with van der Waals surface area (Å²) in [4.78, 5) is 6.61. The largest absolute Gasteiger partial charge is 0.454 e. The van der Waals surface area contributed by atoms with Crippen molar-refractivity contribution in [3.8, 4) is 11.5 Å². The molecule has 0 saturated heterocycles. The molecule has 7 nitrogen and oxygen atoms in total. The minimum Gasteiger partial charge on any atom is -0.454 e. The summed E-state index contributed by atoms with van der Waals surface area (Å²) >= 11 is 0. The molecule has 1 aromatic rings. The van der Waals surface area contributed by atoms with Crippen molar-refractivity contribution >= 4 is 5.96 Å². The highest BCUT2D eigenvalue weighted by molar-refractivity contribution is 5.79. The Morgan fingerprint density at radius 3 is 2.74 bits per heavy atom. The van der Waals surface area contributed by atoms with Crippen molar-refractivity contribution in [2.75, 3.05) is 60.8 Å². The van der Waals surface area contributed by atoms with Gasteiger partial charge in [0.25, 0.3) is 0 Å². The molecule has 0 fully saturated rings. The van der Waals surface area contributed by atoms with Crippen LogP contribution in [-0.4, -0.2) is 71.6 Å². The SMILES string of the molecule is CN=C(NCCN(C)CCCOC)NCC(C)(C)c1ccc2c(c1)OCO2. The number of nitrogens with one attached hydrogen (secondary N) is 2. The van der Waals surface area contributed by atoms with Crippen LogP contribution in [-0.2, 0) is 10.2 Å². The Hall–Kier alpha value is -1.99. The molecule has 2 rings (SSSR count). The number of guanidine groups is 1. The lowest BCUT2D eigenvalue weighted by molar-refractivity contribution is 0.174. The van der Waals surface area contributed by atoms with E-state index in [0.717, 1.165) is 56.7 Å². The predicted octanol–water partition coefficient (Wildman–Crippen LogP) is 1.83. The lowest BCUT2D eigenvalue weighted by Crippen LogP contribution is -2.45. The van der Waals surface area contributed by atoms with Gasteiger partial charge < -0.3 is 29.7 Å². The topological polar surface area (TPSA) is 67.4 Å². The molecule has 0 aliphatic carbocycles. The van der Waals surface area contributed by atoms with Gasteiger partial charge in [-0.3, -0.25) is 4.99 Å². The molecule has 7 heteroatoms. The lowest BCUT2D eigenvalue weighted by Gasteiger charge is -2.27. The van der Waals surface area contributed by atoms with Gasteiger partial charge in [0, 0.05) is 52.4 Å². The van der Waals surface area contributed by atoms with Crippen molar-refractivity contribution in [2.45, 2.75) is 25.7 Å². The Balaban J connectivity index is 1.77. The molecule has 1 aliphatic heterocycles. The number of hydrogen-bond acceptors (Lipinski definition) is 5. The second kappa shape index (κ2) is 10.4. The zero-order chi connectivity index (χ0) is 19.7. The van der Waals surface area contributed by atoms with Crippen LogP contribution >= 0.6 is 0 Å². The Morgan fingerprint density at radius 2 is 2.00 bits per heavy atom. The van der Waals surface area contributed by atoms with E-state index in [1.807, 2.05) is 6.07 Å². The highest BCUT2D eigenvalue weighted by Crippen LogP contribution is 2.36. The summed E-state index contributed by atoms with van der Waals surface area (Å²) in [7, 11) is 5.66. The van der Waals surface area contributed by atoms with Crippen LogP contribution in [0.5, 0.6) is 11.5 Å². The first-order chi connectivity index (χ1) is 13.0. The molecule has 0 radical (unpaired) electrons. The maximum Gasteiger partial charge on any atom is 0.231 e. The van der Waals surface area contributed by atoms with Gasteiger partial charge in [-0.15, -0.1) is 0 Å². The third kappa shape index (κ3) is 6.59. The first-order valence-electron chi connectivity index (χ1n) is 9.48. The number of benzene rings is 1. The van der Waals surface area contributed by atoms with Gasteiger partial charge >= 0.3 is 0 Å². The van der Waals surface area contributed by atoms with Crippen LogP contribution in [0.2, 0.25) is 0 Å². The first kappa shape index (κ1) is 21.3. The van der Waals surface area contributed by atoms with E-state index in [4.69, 9.17) is 14.2 Å². The highest BCUT2D eigenvalue weighted by Gasteiger charge is 2.24. The average molecular weight is 379 g/mol. The zero-order valence-corrected chi connectivity index (χ0v) is 17.3. The van der Waals surface area contributed by atoms with Gasteiger partial charge in [-0.05, 0) is 31.2 Å². The quantitative estimate of drug-likeness (QED) is 0.368. The molecule has 0 bridgehead atoms. The second-order valence-electron chi connectivity index (χ2n) is 7.45. The summed E-state index contributed by atoms with van der Waals surface area (Å²) in [6.45, 7) is 9.09. The van der Waals surface area contributed by atoms with Crippen LogP contribution in [0.1, 0.15) is 25.8 Å². The summed E-state index contributed by atoms with van der Waals surface area (Å²) in [6, 6.07) is 6.14. The number of likely N-dealkylation sites (N-methyl/N-ethyl adjacent to an activating group) is 1. The third-order valence-electron chi connectivity index (χ3n) is 4.75. The van der Waals surface area contributed by atoms with E-state index in [0.29, 0.717) is 6.79 Å². The predicted molar refractivity (Wildman–Crippen MR) is 109 cm³/mol. The van der Waals surface area contributed by atoms with Crippen LogP contribution in [0.4, 0.5) is 0 Å². The molecule has 0 aromatic heterocycles. The second-order valence-corrected chi connectivity index (χ2v) is 7.45. The smallest absolute Gasteiger partial charge is 0.231 e. The number of hydrogen-bond donors (Lipinski definition) is 2. The molecule has 0 unspecified atom stereocenters. The Morgan fingerprint density at radius 1 is 1.22 bits per heavy atom. The zero-order valence-electron chi connectivity index (χ0n) is 17.3. The van der Waals surface area contributed by atoms with E-state index in [9.17, 15) is 0 Å². The fraction of sp³-hybridized carbons (Fsp3) is 0.650. The molecule has 2 N–H and O–H groups in total. The minimum absolute atomic E-state index is 0.0739. The molecule has 0 spiro atoms. The summed E-state index contributed by atoms with van der Waals surface area (Å²) in [6.07, 6.45) is 1.05. The lowest BCUT2D eigenvalue weighted by atomic mass is 9.84. The Kier molecular flexibility index (Phi) is 8.19. The minimum atomic E-state index is -0.0739. The van der Waals surface area contributed by atoms with Gasteiger partial charge in [0.05, 0.1) is 0 Å². The number of nitrogens with zero attached hydrogens (tertiary/aromatic N) is 2. The van der Waals surface area contributed by atoms with E-state index in [-0.39, 0.29) is 5.41 Å². The fourth-order valence-electron chi connectivity index (χ4n) is 2.90. The number of rotatable bonds is 10. The van der Waals surface area contributed by atoms with Gasteiger partial charge in [0.2, 0.25) is 6.79 Å². The normalized spacial score (nSPS) is 13.9. The monoisotopic (exact) mass is 378 g/mol. The standard InChI is InChI=1S/C20H34N4O3/c1-20(2,16-7-8-17-18(13-16)27-15-26-17)14-23-19(21-3)22-9-11-24(4)10-6-12-25-5/h7-8,13H,6,9-12,14-15H2,1-5H3,(H2,21,22,23). The van der Waals surface area contributed by atoms with Crippen molar-refractivity contribution in [3.05, 3.63) is 23.8 Å². The first-order valence-corrected chi connectivity index (χ1v) is 9.48. The molecule has 1 aliphatic rings. The van der Waals surface area contributed by atoms with Crippen LogP contribution in [0.3, 0.4) is 0 Å². The van der Waals surface area contributed by atoms with E-state index in [2.05, 4.69) is 53.6 Å². The number of ether oxygens (including phenoxy) is 3. The van der Waals surface area contributed by atoms with Crippen molar-refractivity contribution < 1.29 is 14.2 Å². The van der Waals surface area contributed by atoms with E-state index in [1.165, 1.54) is 5.56 Å². The van der Waals surface area contributed by atoms with Crippen LogP contribution in [0, 0.1) is 0 Å². The summed E-state index contributed by atoms with van der Waals surface area (Å²) < 4.78 is 16.0. The van der Waals surface area contributed by atoms with Gasteiger partial charge in [0.1, 0.15) is 0 Å². The maximum atomic E-state index is 5.50. The summed E-state index contributed by atoms with van der Waals surface area (Å²) in [5.41, 5.74) is 1.13. The third-order valence-corrected chi connectivity index (χ3v) is 4.75. The van der Waals surface area contributed by atoms with E-state index in [1.54, 1.807) is 14.2 Å². The van der Waals surface area contributed by atoms with Crippen molar-refractivity contribution in [2.24, 2.45) is 4.99 Å². The van der Waals surface area contributed by atoms with E-state index < -0.39 is 0 Å². The fourth-order valence-corrected chi connectivity index (χ4v) is 2.90. The van der Waals surface area contributed by atoms with Gasteiger partial charge in [-0.2, -0.15) is 0 Å². The van der Waals surface area contributed by atoms with Crippen LogP contribution in [0.25, 0.3) is 0 Å². The van der Waals surface area contributed by atoms with Gasteiger partial charge in [0.15, 0.2) is 17.5 Å². The summed E-state index contributed by atoms with van der Waals surface area (Å²) in [5, 5.41) is 6.81. The highest BCUT2D eigenvalue weighted by atomic mass is 16.7. The molecular formula is C20H34N4O3. The molecule has 0 saturated carbocycles. The van der Waals surface area contributed by atoms with Crippen molar-refractivity contribution in [1.29, 1.82) is 0 Å². The van der Waals surface area contributed by atoms with E-state index >= 15 is 0 Å². The number of aliphatic imine (C=N–C) groups is 1. The van der Waals surface area contributed by atoms with Gasteiger partial charge in [-0.1, -0.05) is 19.9 Å². The average Bonchev–Trinajstić information content (AvgIpc) is 3.12. The molecule has 0 amide bonds. The Bertz CT molecular complexity index is 619. The van der Waals surface area contributed by atoms with Crippen molar-refractivity contribution in [3.63, 3.8) is 0 Å². The number of fused-ring (bicyclic) bond motifs is 1. The molecule has 152 valence electrons. The van der Waals surface area contributed by atoms with Gasteiger partial charge in [-0.25, -0.2) is 0 Å². The molecule has 27 heavy (non-hydrogen) atoms. The van der Waals surface area contributed by atoms with Crippen LogP contribution in [0.15, 0.2) is 23.2 Å². The Labute approximate surface area is 163 Å².